The quantitative estimate of drug-likeness (QED) is 0.695. The second-order valence-corrected chi connectivity index (χ2v) is 5.02. The number of ether oxygens (including phenoxy) is 1. The van der Waals surface area contributed by atoms with E-state index in [9.17, 15) is 5.26 Å². The van der Waals surface area contributed by atoms with Gasteiger partial charge < -0.3 is 4.74 Å². The van der Waals surface area contributed by atoms with Crippen LogP contribution in [0.25, 0.3) is 0 Å². The molecule has 13 heavy (non-hydrogen) atoms. The van der Waals surface area contributed by atoms with Crippen LogP contribution >= 0.6 is 11.8 Å². The molecule has 2 aliphatic heterocycles. The van der Waals surface area contributed by atoms with E-state index in [2.05, 4.69) is 12.3 Å². The van der Waals surface area contributed by atoms with Gasteiger partial charge in [-0.1, -0.05) is 0 Å². The third kappa shape index (κ3) is 1.47. The van der Waals surface area contributed by atoms with Crippen LogP contribution in [-0.4, -0.2) is 24.2 Å². The van der Waals surface area contributed by atoms with Gasteiger partial charge in [-0.3, -0.25) is 0 Å². The number of nitriles is 1. The Hall–Kier alpha value is -0.200. The highest BCUT2D eigenvalue weighted by atomic mass is 32.2. The molecule has 2 fully saturated rings. The summed E-state index contributed by atoms with van der Waals surface area (Å²) in [5.74, 6) is 1.08. The van der Waals surface area contributed by atoms with E-state index in [1.807, 2.05) is 11.8 Å². The van der Waals surface area contributed by atoms with Crippen molar-refractivity contribution in [2.75, 3.05) is 12.0 Å². The molecule has 2 saturated heterocycles. The van der Waals surface area contributed by atoms with E-state index in [-0.39, 0.29) is 11.5 Å². The maximum absolute atomic E-state index is 9.23. The molecule has 0 aromatic carbocycles. The molecular formula is C10H15NOS. The molecule has 72 valence electrons. The van der Waals surface area contributed by atoms with Crippen molar-refractivity contribution >= 4 is 11.8 Å². The van der Waals surface area contributed by atoms with E-state index in [0.29, 0.717) is 6.10 Å². The van der Waals surface area contributed by atoms with Gasteiger partial charge >= 0.3 is 0 Å². The van der Waals surface area contributed by atoms with Crippen LogP contribution in [0.2, 0.25) is 0 Å². The molecule has 0 aromatic rings. The first-order valence-electron chi connectivity index (χ1n) is 4.86. The van der Waals surface area contributed by atoms with Crippen LogP contribution in [0.15, 0.2) is 0 Å². The van der Waals surface area contributed by atoms with Crippen molar-refractivity contribution < 1.29 is 4.74 Å². The number of hydrogen-bond acceptors (Lipinski definition) is 3. The number of fused-ring (bicyclic) bond motifs is 2. The predicted molar refractivity (Wildman–Crippen MR) is 53.6 cm³/mol. The molecule has 3 atom stereocenters. The molecule has 2 bridgehead atoms. The monoisotopic (exact) mass is 197 g/mol. The van der Waals surface area contributed by atoms with Gasteiger partial charge in [0, 0.05) is 0 Å². The van der Waals surface area contributed by atoms with Crippen LogP contribution in [0.5, 0.6) is 0 Å². The molecule has 0 spiro atoms. The van der Waals surface area contributed by atoms with Gasteiger partial charge in [-0.25, -0.2) is 0 Å². The smallest absolute Gasteiger partial charge is 0.0867 e. The number of nitrogens with zero attached hydrogens (tertiary/aromatic N) is 1. The molecule has 2 rings (SSSR count). The molecule has 2 heterocycles. The molecule has 0 saturated carbocycles. The van der Waals surface area contributed by atoms with Gasteiger partial charge in [-0.05, 0) is 37.7 Å². The molecule has 3 unspecified atom stereocenters. The summed E-state index contributed by atoms with van der Waals surface area (Å²) in [7, 11) is 0. The van der Waals surface area contributed by atoms with Crippen LogP contribution in [0, 0.1) is 16.7 Å². The maximum Gasteiger partial charge on any atom is 0.0867 e. The Morgan fingerprint density at radius 1 is 1.62 bits per heavy atom. The molecule has 2 nitrogen and oxygen atoms in total. The Morgan fingerprint density at radius 3 is 2.92 bits per heavy atom. The molecular weight excluding hydrogens is 182 g/mol. The highest BCUT2D eigenvalue weighted by molar-refractivity contribution is 7.98. The van der Waals surface area contributed by atoms with Gasteiger partial charge in [0.25, 0.3) is 0 Å². The summed E-state index contributed by atoms with van der Waals surface area (Å²) in [6.07, 6.45) is 7.00. The zero-order valence-electron chi connectivity index (χ0n) is 7.95. The molecule has 0 N–H and O–H groups in total. The molecule has 3 heteroatoms. The fourth-order valence-corrected chi connectivity index (χ4v) is 3.09. The third-order valence-corrected chi connectivity index (χ3v) is 3.90. The minimum atomic E-state index is -0.133. The lowest BCUT2D eigenvalue weighted by Crippen LogP contribution is -2.31. The average molecular weight is 197 g/mol. The maximum atomic E-state index is 9.23. The van der Waals surface area contributed by atoms with Gasteiger partial charge in [-0.15, -0.1) is 0 Å². The zero-order chi connectivity index (χ0) is 9.31. The Labute approximate surface area is 83.6 Å². The van der Waals surface area contributed by atoms with Crippen LogP contribution in [0.4, 0.5) is 0 Å². The molecule has 2 aliphatic rings. The zero-order valence-corrected chi connectivity index (χ0v) is 8.77. The number of hydrogen-bond donors (Lipinski definition) is 0. The van der Waals surface area contributed by atoms with Crippen LogP contribution in [0.1, 0.15) is 25.7 Å². The van der Waals surface area contributed by atoms with Gasteiger partial charge in [0.15, 0.2) is 0 Å². The normalized spacial score (nSPS) is 42.2. The fourth-order valence-electron chi connectivity index (χ4n) is 2.52. The van der Waals surface area contributed by atoms with Gasteiger partial charge in [-0.2, -0.15) is 17.0 Å². The molecule has 0 radical (unpaired) electrons. The lowest BCUT2D eigenvalue weighted by atomic mass is 9.73. The summed E-state index contributed by atoms with van der Waals surface area (Å²) in [5, 5.41) is 9.23. The summed E-state index contributed by atoms with van der Waals surface area (Å²) in [6, 6.07) is 2.51. The van der Waals surface area contributed by atoms with Crippen molar-refractivity contribution in [3.05, 3.63) is 0 Å². The van der Waals surface area contributed by atoms with E-state index < -0.39 is 0 Å². The second kappa shape index (κ2) is 3.51. The van der Waals surface area contributed by atoms with Crippen molar-refractivity contribution in [3.8, 4) is 6.07 Å². The minimum absolute atomic E-state index is 0.133. The van der Waals surface area contributed by atoms with E-state index in [1.165, 1.54) is 6.42 Å². The summed E-state index contributed by atoms with van der Waals surface area (Å²) in [4.78, 5) is 0. The van der Waals surface area contributed by atoms with Gasteiger partial charge in [0.1, 0.15) is 0 Å². The standard InChI is InChI=1S/C10H15NOS/c1-13-5-4-10(7-11)6-8-2-3-9(10)12-8/h8-9H,2-6H2,1H3. The first kappa shape index (κ1) is 9.36. The van der Waals surface area contributed by atoms with Gasteiger partial charge in [0.05, 0.1) is 23.7 Å². The van der Waals surface area contributed by atoms with Crippen LogP contribution in [-0.2, 0) is 4.74 Å². The summed E-state index contributed by atoms with van der Waals surface area (Å²) >= 11 is 1.82. The fraction of sp³-hybridized carbons (Fsp3) is 0.900. The second-order valence-electron chi connectivity index (χ2n) is 4.04. The lowest BCUT2D eigenvalue weighted by Gasteiger charge is -2.27. The van der Waals surface area contributed by atoms with Crippen molar-refractivity contribution in [1.29, 1.82) is 5.26 Å². The Morgan fingerprint density at radius 2 is 2.46 bits per heavy atom. The van der Waals surface area contributed by atoms with E-state index >= 15 is 0 Å². The van der Waals surface area contributed by atoms with E-state index in [1.54, 1.807) is 0 Å². The molecule has 0 aliphatic carbocycles. The highest BCUT2D eigenvalue weighted by Crippen LogP contribution is 2.49. The van der Waals surface area contributed by atoms with Crippen molar-refractivity contribution in [3.63, 3.8) is 0 Å². The minimum Gasteiger partial charge on any atom is -0.373 e. The van der Waals surface area contributed by atoms with Gasteiger partial charge in [0.2, 0.25) is 0 Å². The molecule has 0 amide bonds. The topological polar surface area (TPSA) is 33.0 Å². The van der Waals surface area contributed by atoms with Crippen LogP contribution < -0.4 is 0 Å². The Kier molecular flexibility index (Phi) is 2.53. The summed E-state index contributed by atoms with van der Waals surface area (Å²) in [5.41, 5.74) is -0.133. The van der Waals surface area contributed by atoms with E-state index in [4.69, 9.17) is 4.74 Å². The van der Waals surface area contributed by atoms with Crippen LogP contribution in [0.3, 0.4) is 0 Å². The number of rotatable bonds is 3. The highest BCUT2D eigenvalue weighted by Gasteiger charge is 2.52. The Bertz CT molecular complexity index is 238. The van der Waals surface area contributed by atoms with Crippen molar-refractivity contribution in [2.45, 2.75) is 37.9 Å². The Balaban J connectivity index is 2.05. The summed E-state index contributed by atoms with van der Waals surface area (Å²) < 4.78 is 5.74. The summed E-state index contributed by atoms with van der Waals surface area (Å²) in [6.45, 7) is 0. The lowest BCUT2D eigenvalue weighted by molar-refractivity contribution is 0.0780. The van der Waals surface area contributed by atoms with E-state index in [0.717, 1.165) is 25.0 Å². The van der Waals surface area contributed by atoms with Crippen molar-refractivity contribution in [1.82, 2.24) is 0 Å². The first-order chi connectivity index (χ1) is 6.30. The average Bonchev–Trinajstić information content (AvgIpc) is 2.74. The SMILES string of the molecule is CSCCC1(C#N)CC2CCC1O2. The molecule has 0 aromatic heterocycles. The van der Waals surface area contributed by atoms with Crippen molar-refractivity contribution in [2.24, 2.45) is 5.41 Å². The predicted octanol–water partition coefficient (Wildman–Crippen LogP) is 2.20. The first-order valence-corrected chi connectivity index (χ1v) is 6.26. The number of thioether (sulfide) groups is 1. The largest absolute Gasteiger partial charge is 0.373 e. The third-order valence-electron chi connectivity index (χ3n) is 3.29.